The zero-order valence-corrected chi connectivity index (χ0v) is 9.63. The molecule has 0 spiro atoms. The van der Waals surface area contributed by atoms with Gasteiger partial charge in [0.1, 0.15) is 0 Å². The number of hydrogen-bond acceptors (Lipinski definition) is 1. The summed E-state index contributed by atoms with van der Waals surface area (Å²) < 4.78 is 0. The molecule has 80 valence electrons. The van der Waals surface area contributed by atoms with E-state index in [1.807, 2.05) is 31.2 Å². The van der Waals surface area contributed by atoms with Crippen LogP contribution < -0.4 is 0 Å². The van der Waals surface area contributed by atoms with Crippen molar-refractivity contribution in [3.05, 3.63) is 47.5 Å². The Kier molecular flexibility index (Phi) is 5.13. The second-order valence-corrected chi connectivity index (χ2v) is 3.73. The van der Waals surface area contributed by atoms with Crippen LogP contribution in [0.2, 0.25) is 0 Å². The number of allylic oxidation sites excluding steroid dienone is 2. The highest BCUT2D eigenvalue weighted by molar-refractivity contribution is 6.17. The van der Waals surface area contributed by atoms with E-state index in [2.05, 4.69) is 0 Å². The van der Waals surface area contributed by atoms with Gasteiger partial charge in [-0.1, -0.05) is 30.3 Å². The van der Waals surface area contributed by atoms with Gasteiger partial charge in [0.25, 0.3) is 0 Å². The molecule has 0 amide bonds. The fourth-order valence-electron chi connectivity index (χ4n) is 1.35. The van der Waals surface area contributed by atoms with Crippen LogP contribution in [0.4, 0.5) is 0 Å². The summed E-state index contributed by atoms with van der Waals surface area (Å²) in [6.07, 6.45) is 5.28. The summed E-state index contributed by atoms with van der Waals surface area (Å²) in [5, 5.41) is 0. The molecule has 0 radical (unpaired) electrons. The lowest BCUT2D eigenvalue weighted by Crippen LogP contribution is -1.94. The van der Waals surface area contributed by atoms with Crippen molar-refractivity contribution in [3.8, 4) is 0 Å². The van der Waals surface area contributed by atoms with Crippen LogP contribution in [0.1, 0.15) is 29.3 Å². The molecule has 0 fully saturated rings. The van der Waals surface area contributed by atoms with E-state index >= 15 is 0 Å². The summed E-state index contributed by atoms with van der Waals surface area (Å²) in [6.45, 7) is 1.84. The fourth-order valence-corrected chi connectivity index (χ4v) is 1.49. The average Bonchev–Trinajstić information content (AvgIpc) is 2.27. The Morgan fingerprint density at radius 2 is 2.00 bits per heavy atom. The number of carbonyl (C=O) groups is 1. The third-order valence-corrected chi connectivity index (χ3v) is 2.42. The number of halogens is 1. The molecule has 1 rings (SSSR count). The van der Waals surface area contributed by atoms with Crippen LogP contribution in [0.3, 0.4) is 0 Å². The Bertz CT molecular complexity index is 338. The predicted molar refractivity (Wildman–Crippen MR) is 64.6 cm³/mol. The Labute approximate surface area is 95.8 Å². The van der Waals surface area contributed by atoms with Gasteiger partial charge in [-0.25, -0.2) is 0 Å². The van der Waals surface area contributed by atoms with Crippen molar-refractivity contribution in [2.75, 3.05) is 5.88 Å². The molecule has 15 heavy (non-hydrogen) atoms. The third-order valence-electron chi connectivity index (χ3n) is 2.16. The van der Waals surface area contributed by atoms with Crippen molar-refractivity contribution in [2.45, 2.75) is 19.8 Å². The molecule has 0 bridgehead atoms. The van der Waals surface area contributed by atoms with Crippen molar-refractivity contribution in [3.63, 3.8) is 0 Å². The van der Waals surface area contributed by atoms with E-state index in [4.69, 9.17) is 11.6 Å². The van der Waals surface area contributed by atoms with Gasteiger partial charge >= 0.3 is 0 Å². The van der Waals surface area contributed by atoms with Crippen LogP contribution in [0, 0.1) is 0 Å². The molecule has 0 aliphatic heterocycles. The van der Waals surface area contributed by atoms with Crippen molar-refractivity contribution in [1.29, 1.82) is 0 Å². The van der Waals surface area contributed by atoms with Crippen molar-refractivity contribution in [2.24, 2.45) is 0 Å². The monoisotopic (exact) mass is 222 g/mol. The minimum Gasteiger partial charge on any atom is -0.289 e. The summed E-state index contributed by atoms with van der Waals surface area (Å²) in [5.74, 6) is 0.737. The van der Waals surface area contributed by atoms with Crippen LogP contribution in [0.25, 0.3) is 0 Å². The van der Waals surface area contributed by atoms with Gasteiger partial charge in [-0.2, -0.15) is 0 Å². The van der Waals surface area contributed by atoms with Gasteiger partial charge in [-0.15, -0.1) is 11.6 Å². The lowest BCUT2D eigenvalue weighted by Gasteiger charge is -2.00. The quantitative estimate of drug-likeness (QED) is 0.423. The van der Waals surface area contributed by atoms with Gasteiger partial charge < -0.3 is 0 Å². The van der Waals surface area contributed by atoms with Gasteiger partial charge in [-0.05, 0) is 31.4 Å². The van der Waals surface area contributed by atoms with E-state index < -0.39 is 0 Å². The number of benzene rings is 1. The van der Waals surface area contributed by atoms with E-state index in [0.29, 0.717) is 5.88 Å². The first-order valence-corrected chi connectivity index (χ1v) is 5.63. The first-order valence-electron chi connectivity index (χ1n) is 5.10. The Balaban J connectivity index is 2.67. The van der Waals surface area contributed by atoms with Gasteiger partial charge in [0.2, 0.25) is 0 Å². The molecule has 0 N–H and O–H groups in total. The SMILES string of the molecule is C/C=C/C(=O)c1ccc(CCCCl)cc1. The zero-order valence-electron chi connectivity index (χ0n) is 8.87. The molecule has 2 heteroatoms. The fraction of sp³-hybridized carbons (Fsp3) is 0.308. The predicted octanol–water partition coefficient (Wildman–Crippen LogP) is 3.62. The van der Waals surface area contributed by atoms with Crippen LogP contribution in [-0.4, -0.2) is 11.7 Å². The van der Waals surface area contributed by atoms with E-state index in [1.54, 1.807) is 12.2 Å². The van der Waals surface area contributed by atoms with Crippen LogP contribution >= 0.6 is 11.6 Å². The van der Waals surface area contributed by atoms with Crippen LogP contribution in [-0.2, 0) is 6.42 Å². The first kappa shape index (κ1) is 12.0. The molecular formula is C13H15ClO. The molecule has 0 aliphatic rings. The molecule has 0 saturated carbocycles. The maximum absolute atomic E-state index is 11.5. The zero-order chi connectivity index (χ0) is 11.1. The Morgan fingerprint density at radius 3 is 2.53 bits per heavy atom. The minimum atomic E-state index is 0.0568. The molecule has 0 saturated heterocycles. The average molecular weight is 223 g/mol. The van der Waals surface area contributed by atoms with E-state index in [-0.39, 0.29) is 5.78 Å². The maximum Gasteiger partial charge on any atom is 0.185 e. The summed E-state index contributed by atoms with van der Waals surface area (Å²) in [6, 6.07) is 7.71. The summed E-state index contributed by atoms with van der Waals surface area (Å²) in [4.78, 5) is 11.5. The standard InChI is InChI=1S/C13H15ClO/c1-2-4-13(15)12-8-6-11(7-9-12)5-3-10-14/h2,4,6-9H,3,5,10H2,1H3/b4-2+. The third kappa shape index (κ3) is 3.88. The molecule has 1 nitrogen and oxygen atoms in total. The van der Waals surface area contributed by atoms with Gasteiger partial charge in [0.15, 0.2) is 5.78 Å². The van der Waals surface area contributed by atoms with E-state index in [0.717, 1.165) is 18.4 Å². The molecule has 1 aromatic rings. The first-order chi connectivity index (χ1) is 7.27. The van der Waals surface area contributed by atoms with Crippen molar-refractivity contribution in [1.82, 2.24) is 0 Å². The molecule has 0 aliphatic carbocycles. The Morgan fingerprint density at radius 1 is 1.33 bits per heavy atom. The lowest BCUT2D eigenvalue weighted by atomic mass is 10.1. The van der Waals surface area contributed by atoms with Crippen LogP contribution in [0.15, 0.2) is 36.4 Å². The second-order valence-electron chi connectivity index (χ2n) is 3.35. The number of rotatable bonds is 5. The summed E-state index contributed by atoms with van der Waals surface area (Å²) >= 11 is 5.61. The van der Waals surface area contributed by atoms with E-state index in [1.165, 1.54) is 5.56 Å². The highest BCUT2D eigenvalue weighted by Crippen LogP contribution is 2.08. The number of aryl methyl sites for hydroxylation is 1. The van der Waals surface area contributed by atoms with Gasteiger partial charge in [-0.3, -0.25) is 4.79 Å². The molecule has 1 aromatic carbocycles. The summed E-state index contributed by atoms with van der Waals surface area (Å²) in [7, 11) is 0. The smallest absolute Gasteiger partial charge is 0.185 e. The highest BCUT2D eigenvalue weighted by atomic mass is 35.5. The van der Waals surface area contributed by atoms with Crippen LogP contribution in [0.5, 0.6) is 0 Å². The van der Waals surface area contributed by atoms with Gasteiger partial charge in [0.05, 0.1) is 0 Å². The largest absolute Gasteiger partial charge is 0.289 e. The molecule has 0 atom stereocenters. The van der Waals surface area contributed by atoms with Gasteiger partial charge in [0, 0.05) is 11.4 Å². The topological polar surface area (TPSA) is 17.1 Å². The van der Waals surface area contributed by atoms with Crippen molar-refractivity contribution < 1.29 is 4.79 Å². The molecule has 0 heterocycles. The van der Waals surface area contributed by atoms with Crippen molar-refractivity contribution >= 4 is 17.4 Å². The van der Waals surface area contributed by atoms with E-state index in [9.17, 15) is 4.79 Å². The number of ketones is 1. The number of carbonyl (C=O) groups excluding carboxylic acids is 1. The Hall–Kier alpha value is -1.08. The highest BCUT2D eigenvalue weighted by Gasteiger charge is 2.00. The number of hydrogen-bond donors (Lipinski definition) is 0. The molecular weight excluding hydrogens is 208 g/mol. The number of alkyl halides is 1. The lowest BCUT2D eigenvalue weighted by molar-refractivity contribution is 0.104. The maximum atomic E-state index is 11.5. The minimum absolute atomic E-state index is 0.0568. The normalized spacial score (nSPS) is 10.8. The summed E-state index contributed by atoms with van der Waals surface area (Å²) in [5.41, 5.74) is 1.97. The molecule has 0 unspecified atom stereocenters. The second kappa shape index (κ2) is 6.41. The molecule has 0 aromatic heterocycles.